The maximum absolute atomic E-state index is 12.2. The van der Waals surface area contributed by atoms with E-state index >= 15 is 0 Å². The number of aromatic nitrogens is 1. The van der Waals surface area contributed by atoms with Gasteiger partial charge in [-0.05, 0) is 42.7 Å². The van der Waals surface area contributed by atoms with Gasteiger partial charge in [-0.1, -0.05) is 29.4 Å². The maximum Gasteiger partial charge on any atom is 0.227 e. The lowest BCUT2D eigenvalue weighted by molar-refractivity contribution is -0.120. The first-order valence-corrected chi connectivity index (χ1v) is 8.69. The van der Waals surface area contributed by atoms with Crippen LogP contribution in [0.4, 0.5) is 5.69 Å². The summed E-state index contributed by atoms with van der Waals surface area (Å²) in [5.74, 6) is 0.108. The first kappa shape index (κ1) is 16.3. The molecule has 1 aliphatic carbocycles. The molecule has 2 N–H and O–H groups in total. The van der Waals surface area contributed by atoms with Gasteiger partial charge in [-0.15, -0.1) is 0 Å². The van der Waals surface area contributed by atoms with Crippen LogP contribution in [0, 0.1) is 5.92 Å². The fourth-order valence-electron chi connectivity index (χ4n) is 2.83. The first-order valence-electron chi connectivity index (χ1n) is 8.69. The normalized spacial score (nSPS) is 13.5. The summed E-state index contributed by atoms with van der Waals surface area (Å²) in [5.41, 5.74) is 2.99. The Hall–Kier alpha value is -3.15. The van der Waals surface area contributed by atoms with Crippen molar-refractivity contribution in [3.05, 3.63) is 59.8 Å². The van der Waals surface area contributed by atoms with Gasteiger partial charge < -0.3 is 15.2 Å². The minimum absolute atomic E-state index is 0.0732. The van der Waals surface area contributed by atoms with Crippen LogP contribution < -0.4 is 10.6 Å². The molecule has 0 atom stereocenters. The Kier molecular flexibility index (Phi) is 4.39. The lowest BCUT2D eigenvalue weighted by atomic mass is 10.1. The number of nitrogens with one attached hydrogen (secondary N) is 2. The van der Waals surface area contributed by atoms with Gasteiger partial charge in [0.05, 0.1) is 6.42 Å². The van der Waals surface area contributed by atoms with Gasteiger partial charge in [-0.3, -0.25) is 9.59 Å². The highest BCUT2D eigenvalue weighted by atomic mass is 16.5. The molecule has 1 heterocycles. The molecule has 4 rings (SSSR count). The minimum Gasteiger partial charge on any atom is -0.356 e. The lowest BCUT2D eigenvalue weighted by Gasteiger charge is -2.08. The van der Waals surface area contributed by atoms with E-state index in [-0.39, 0.29) is 24.2 Å². The Balaban J connectivity index is 1.34. The van der Waals surface area contributed by atoms with Gasteiger partial charge in [0.25, 0.3) is 0 Å². The fraction of sp³-hybridized carbons (Fsp3) is 0.250. The Morgan fingerprint density at radius 2 is 1.96 bits per heavy atom. The second kappa shape index (κ2) is 7.00. The maximum atomic E-state index is 12.2. The number of carbonyl (C=O) groups excluding carboxylic acids is 2. The van der Waals surface area contributed by atoms with Crippen molar-refractivity contribution in [2.24, 2.45) is 5.92 Å². The van der Waals surface area contributed by atoms with Gasteiger partial charge >= 0.3 is 0 Å². The molecule has 26 heavy (non-hydrogen) atoms. The third-order valence-corrected chi connectivity index (χ3v) is 4.41. The summed E-state index contributed by atoms with van der Waals surface area (Å²) in [7, 11) is 0. The first-order chi connectivity index (χ1) is 12.7. The minimum atomic E-state index is -0.128. The van der Waals surface area contributed by atoms with Gasteiger partial charge in [0.2, 0.25) is 11.8 Å². The molecule has 2 amide bonds. The summed E-state index contributed by atoms with van der Waals surface area (Å²) in [6.07, 6.45) is 2.10. The van der Waals surface area contributed by atoms with Crippen molar-refractivity contribution in [1.82, 2.24) is 10.5 Å². The van der Waals surface area contributed by atoms with E-state index in [9.17, 15) is 9.59 Å². The van der Waals surface area contributed by atoms with Crippen LogP contribution in [0.5, 0.6) is 0 Å². The summed E-state index contributed by atoms with van der Waals surface area (Å²) in [6, 6.07) is 15.0. The molecule has 6 heteroatoms. The Bertz CT molecular complexity index is 960. The standard InChI is InChI=1S/C20H19N3O3/c24-19(11-17-16-6-1-2-7-18(16)26-23-17)21-12-13-4-3-5-15(10-13)22-20(25)14-8-9-14/h1-7,10,14H,8-9,11-12H2,(H,21,24)(H,22,25). The summed E-state index contributed by atoms with van der Waals surface area (Å²) >= 11 is 0. The zero-order valence-corrected chi connectivity index (χ0v) is 14.2. The molecular formula is C20H19N3O3. The molecule has 0 spiro atoms. The van der Waals surface area contributed by atoms with Gasteiger partial charge in [-0.25, -0.2) is 0 Å². The summed E-state index contributed by atoms with van der Waals surface area (Å²) < 4.78 is 5.22. The highest BCUT2D eigenvalue weighted by Crippen LogP contribution is 2.30. The molecule has 1 aliphatic rings. The van der Waals surface area contributed by atoms with E-state index in [1.807, 2.05) is 48.5 Å². The number of para-hydroxylation sites is 1. The molecule has 132 valence electrons. The van der Waals surface area contributed by atoms with Crippen molar-refractivity contribution in [2.75, 3.05) is 5.32 Å². The average Bonchev–Trinajstić information content (AvgIpc) is 3.43. The second-order valence-electron chi connectivity index (χ2n) is 6.54. The quantitative estimate of drug-likeness (QED) is 0.716. The van der Waals surface area contributed by atoms with Crippen molar-refractivity contribution in [3.63, 3.8) is 0 Å². The number of hydrogen-bond donors (Lipinski definition) is 2. The third kappa shape index (κ3) is 3.74. The zero-order valence-electron chi connectivity index (χ0n) is 14.2. The van der Waals surface area contributed by atoms with Crippen LogP contribution in [0.25, 0.3) is 11.0 Å². The van der Waals surface area contributed by atoms with Crippen molar-refractivity contribution in [1.29, 1.82) is 0 Å². The topological polar surface area (TPSA) is 84.2 Å². The van der Waals surface area contributed by atoms with E-state index < -0.39 is 0 Å². The number of hydrogen-bond acceptors (Lipinski definition) is 4. The van der Waals surface area contributed by atoms with E-state index in [0.717, 1.165) is 29.5 Å². The smallest absolute Gasteiger partial charge is 0.227 e. The van der Waals surface area contributed by atoms with E-state index in [1.54, 1.807) is 0 Å². The van der Waals surface area contributed by atoms with E-state index in [4.69, 9.17) is 4.52 Å². The van der Waals surface area contributed by atoms with Crippen LogP contribution >= 0.6 is 0 Å². The van der Waals surface area contributed by atoms with Crippen molar-refractivity contribution in [3.8, 4) is 0 Å². The molecule has 0 saturated heterocycles. The highest BCUT2D eigenvalue weighted by molar-refractivity contribution is 5.94. The van der Waals surface area contributed by atoms with Gasteiger partial charge in [0.1, 0.15) is 5.69 Å². The zero-order chi connectivity index (χ0) is 17.9. The molecular weight excluding hydrogens is 330 g/mol. The molecule has 6 nitrogen and oxygen atoms in total. The molecule has 1 saturated carbocycles. The van der Waals surface area contributed by atoms with Gasteiger partial charge in [-0.2, -0.15) is 0 Å². The molecule has 2 aromatic carbocycles. The molecule has 0 bridgehead atoms. The number of fused-ring (bicyclic) bond motifs is 1. The second-order valence-corrected chi connectivity index (χ2v) is 6.54. The van der Waals surface area contributed by atoms with Crippen LogP contribution in [0.1, 0.15) is 24.1 Å². The summed E-state index contributed by atoms with van der Waals surface area (Å²) in [4.78, 5) is 24.1. The van der Waals surface area contributed by atoms with E-state index in [0.29, 0.717) is 17.8 Å². The van der Waals surface area contributed by atoms with Crippen LogP contribution in [0.3, 0.4) is 0 Å². The molecule has 1 aromatic heterocycles. The van der Waals surface area contributed by atoms with Crippen LogP contribution in [0.2, 0.25) is 0 Å². The molecule has 0 aliphatic heterocycles. The van der Waals surface area contributed by atoms with Gasteiger partial charge in [0.15, 0.2) is 5.58 Å². The number of rotatable bonds is 6. The number of nitrogens with zero attached hydrogens (tertiary/aromatic N) is 1. The number of amides is 2. The number of anilines is 1. The Morgan fingerprint density at radius 3 is 2.81 bits per heavy atom. The summed E-state index contributed by atoms with van der Waals surface area (Å²) in [6.45, 7) is 0.391. The third-order valence-electron chi connectivity index (χ3n) is 4.41. The fourth-order valence-corrected chi connectivity index (χ4v) is 2.83. The van der Waals surface area contributed by atoms with Crippen molar-refractivity contribution in [2.45, 2.75) is 25.8 Å². The number of benzene rings is 2. The molecule has 0 unspecified atom stereocenters. The van der Waals surface area contributed by atoms with Crippen LogP contribution in [-0.4, -0.2) is 17.0 Å². The Morgan fingerprint density at radius 1 is 1.12 bits per heavy atom. The average molecular weight is 349 g/mol. The van der Waals surface area contributed by atoms with Crippen LogP contribution in [0.15, 0.2) is 53.1 Å². The molecule has 3 aromatic rings. The SMILES string of the molecule is O=C(Cc1noc2ccccc12)NCc1cccc(NC(=O)C2CC2)c1. The van der Waals surface area contributed by atoms with E-state index in [1.165, 1.54) is 0 Å². The van der Waals surface area contributed by atoms with Crippen molar-refractivity contribution < 1.29 is 14.1 Å². The predicted molar refractivity (Wildman–Crippen MR) is 97.4 cm³/mol. The van der Waals surface area contributed by atoms with Crippen molar-refractivity contribution >= 4 is 28.5 Å². The molecule has 0 radical (unpaired) electrons. The van der Waals surface area contributed by atoms with Gasteiger partial charge in [0, 0.05) is 23.5 Å². The highest BCUT2D eigenvalue weighted by Gasteiger charge is 2.29. The number of carbonyl (C=O) groups is 2. The largest absolute Gasteiger partial charge is 0.356 e. The Labute approximate surface area is 150 Å². The summed E-state index contributed by atoms with van der Waals surface area (Å²) in [5, 5.41) is 10.6. The van der Waals surface area contributed by atoms with E-state index in [2.05, 4.69) is 15.8 Å². The lowest BCUT2D eigenvalue weighted by Crippen LogP contribution is -2.24. The van der Waals surface area contributed by atoms with Crippen LogP contribution in [-0.2, 0) is 22.6 Å². The molecule has 1 fully saturated rings. The monoisotopic (exact) mass is 349 g/mol. The predicted octanol–water partition coefficient (Wildman–Crippen LogP) is 3.04.